The van der Waals surface area contributed by atoms with Crippen LogP contribution in [0.25, 0.3) is 22.4 Å². The molecule has 2 N–H and O–H groups in total. The number of rotatable bonds is 4. The van der Waals surface area contributed by atoms with E-state index in [0.29, 0.717) is 0 Å². The van der Waals surface area contributed by atoms with Crippen LogP contribution in [0.2, 0.25) is 0 Å². The first-order valence-electron chi connectivity index (χ1n) is 9.24. The van der Waals surface area contributed by atoms with E-state index >= 15 is 0 Å². The topological polar surface area (TPSA) is 153 Å². The van der Waals surface area contributed by atoms with Gasteiger partial charge in [0, 0.05) is 25.0 Å². The van der Waals surface area contributed by atoms with Crippen molar-refractivity contribution in [1.82, 2.24) is 39.0 Å². The lowest BCUT2D eigenvalue weighted by atomic mass is 10.2. The molecule has 0 aliphatic heterocycles. The molecule has 1 atom stereocenters. The van der Waals surface area contributed by atoms with Crippen LogP contribution in [0, 0.1) is 0 Å². The second-order valence-electron chi connectivity index (χ2n) is 6.89. The van der Waals surface area contributed by atoms with E-state index in [1.54, 1.807) is 0 Å². The van der Waals surface area contributed by atoms with Gasteiger partial charge < -0.3 is 9.88 Å². The van der Waals surface area contributed by atoms with Gasteiger partial charge in [-0.1, -0.05) is 0 Å². The third-order valence-electron chi connectivity index (χ3n) is 4.72. The highest BCUT2D eigenvalue weighted by molar-refractivity contribution is 5.93. The predicted octanol–water partition coefficient (Wildman–Crippen LogP) is 0.889. The number of nitrogens with one attached hydrogen (secondary N) is 2. The summed E-state index contributed by atoms with van der Waals surface area (Å²) >= 11 is 0. The number of hydrogen-bond acceptors (Lipinski definition) is 8. The van der Waals surface area contributed by atoms with Crippen LogP contribution in [0.5, 0.6) is 0 Å². The Morgan fingerprint density at radius 3 is 2.48 bits per heavy atom. The van der Waals surface area contributed by atoms with E-state index in [9.17, 15) is 27.6 Å². The number of carbonyl (C=O) groups is 1. The van der Waals surface area contributed by atoms with Crippen LogP contribution in [0.4, 0.5) is 19.0 Å². The van der Waals surface area contributed by atoms with Gasteiger partial charge in [-0.25, -0.2) is 24.7 Å². The summed E-state index contributed by atoms with van der Waals surface area (Å²) in [6, 6.07) is -0.937. The second-order valence-corrected chi connectivity index (χ2v) is 6.89. The van der Waals surface area contributed by atoms with Crippen LogP contribution in [-0.2, 0) is 18.0 Å². The number of aromatic amines is 1. The average molecular weight is 461 g/mol. The molecule has 0 saturated heterocycles. The second kappa shape index (κ2) is 7.92. The molecule has 0 fully saturated rings. The van der Waals surface area contributed by atoms with Crippen molar-refractivity contribution in [1.29, 1.82) is 0 Å². The summed E-state index contributed by atoms with van der Waals surface area (Å²) in [7, 11) is 1.43. The minimum absolute atomic E-state index is 0.00924. The molecule has 15 heteroatoms. The lowest BCUT2D eigenvalue weighted by Gasteiger charge is -2.14. The predicted molar refractivity (Wildman–Crippen MR) is 107 cm³/mol. The fourth-order valence-corrected chi connectivity index (χ4v) is 2.97. The molecular formula is C18H14F3N9O3. The number of alkyl halides is 3. The van der Waals surface area contributed by atoms with E-state index in [1.807, 2.05) is 0 Å². The number of hydrogen-bond donors (Lipinski definition) is 2. The maximum atomic E-state index is 12.8. The van der Waals surface area contributed by atoms with Crippen LogP contribution in [0.1, 0.15) is 18.8 Å². The molecule has 1 unspecified atom stereocenters. The van der Waals surface area contributed by atoms with E-state index in [1.165, 1.54) is 37.3 Å². The van der Waals surface area contributed by atoms with E-state index in [-0.39, 0.29) is 28.2 Å². The first kappa shape index (κ1) is 21.8. The third-order valence-corrected chi connectivity index (χ3v) is 4.72. The number of imidazole rings is 1. The normalized spacial score (nSPS) is 12.6. The Balaban J connectivity index is 1.59. The van der Waals surface area contributed by atoms with Crippen molar-refractivity contribution < 1.29 is 18.0 Å². The number of halogens is 3. The number of carbonyl (C=O) groups excluding carboxylic acids is 1. The number of nitrogens with zero attached hydrogens (tertiary/aromatic N) is 7. The summed E-state index contributed by atoms with van der Waals surface area (Å²) in [5.74, 6) is -1.87. The molecule has 170 valence electrons. The lowest BCUT2D eigenvalue weighted by Crippen LogP contribution is -2.31. The Morgan fingerprint density at radius 2 is 1.82 bits per heavy atom. The lowest BCUT2D eigenvalue weighted by molar-refractivity contribution is -0.145. The summed E-state index contributed by atoms with van der Waals surface area (Å²) in [5.41, 5.74) is -0.918. The van der Waals surface area contributed by atoms with Crippen LogP contribution in [-0.4, -0.2) is 44.9 Å². The summed E-state index contributed by atoms with van der Waals surface area (Å²) in [5, 5.41) is 2.52. The van der Waals surface area contributed by atoms with E-state index in [2.05, 4.69) is 35.2 Å². The molecule has 4 heterocycles. The fraction of sp³-hybridized carbons (Fsp3) is 0.222. The maximum Gasteiger partial charge on any atom is 0.451 e. The van der Waals surface area contributed by atoms with Gasteiger partial charge in [0.25, 0.3) is 5.56 Å². The first-order chi connectivity index (χ1) is 15.6. The van der Waals surface area contributed by atoms with Gasteiger partial charge >= 0.3 is 11.9 Å². The van der Waals surface area contributed by atoms with Gasteiger partial charge in [-0.3, -0.25) is 24.1 Å². The van der Waals surface area contributed by atoms with Gasteiger partial charge in [-0.05, 0) is 6.92 Å². The number of aromatic nitrogens is 8. The zero-order valence-electron chi connectivity index (χ0n) is 17.0. The van der Waals surface area contributed by atoms with Crippen LogP contribution in [0.15, 0.2) is 40.7 Å². The van der Waals surface area contributed by atoms with Crippen molar-refractivity contribution in [3.8, 4) is 11.3 Å². The van der Waals surface area contributed by atoms with Gasteiger partial charge in [0.1, 0.15) is 6.04 Å². The van der Waals surface area contributed by atoms with E-state index in [4.69, 9.17) is 0 Å². The number of anilines is 1. The fourth-order valence-electron chi connectivity index (χ4n) is 2.97. The molecule has 0 bridgehead atoms. The summed E-state index contributed by atoms with van der Waals surface area (Å²) < 4.78 is 40.4. The summed E-state index contributed by atoms with van der Waals surface area (Å²) in [6.07, 6.45) is 0.980. The SMILES string of the molecule is CC(C(=O)Nc1cncc(-c2cnc(C(F)(F)F)nc2)n1)n1cnc2c1c(=O)[nH]c(=O)n2C. The van der Waals surface area contributed by atoms with Crippen molar-refractivity contribution in [2.45, 2.75) is 19.1 Å². The standard InChI is InChI=1S/C18H14F3N9O3/c1-8(30-7-25-13-12(30)15(32)28-17(33)29(13)2)14(31)27-11-6-22-5-10(26-11)9-3-23-16(24-4-9)18(19,20)21/h3-8H,1-2H3,(H,26,27,31)(H,28,32,33). The molecule has 0 radical (unpaired) electrons. The highest BCUT2D eigenvalue weighted by atomic mass is 19.4. The maximum absolute atomic E-state index is 12.8. The molecule has 0 saturated carbocycles. The summed E-state index contributed by atoms with van der Waals surface area (Å²) in [6.45, 7) is 1.50. The van der Waals surface area contributed by atoms with Crippen LogP contribution in [0.3, 0.4) is 0 Å². The number of amides is 1. The van der Waals surface area contributed by atoms with Gasteiger partial charge in [0.2, 0.25) is 11.7 Å². The molecule has 0 spiro atoms. The molecule has 4 aromatic heterocycles. The first-order valence-corrected chi connectivity index (χ1v) is 9.24. The molecular weight excluding hydrogens is 447 g/mol. The summed E-state index contributed by atoms with van der Waals surface area (Å²) in [4.78, 5) is 57.5. The quantitative estimate of drug-likeness (QED) is 0.454. The molecule has 1 amide bonds. The molecule has 4 aromatic rings. The van der Waals surface area contributed by atoms with Gasteiger partial charge in [-0.2, -0.15) is 13.2 Å². The Hall–Kier alpha value is -4.43. The highest BCUT2D eigenvalue weighted by Crippen LogP contribution is 2.26. The van der Waals surface area contributed by atoms with E-state index < -0.39 is 35.2 Å². The Labute approximate surface area is 181 Å². The zero-order chi connectivity index (χ0) is 23.9. The Bertz CT molecular complexity index is 1470. The largest absolute Gasteiger partial charge is 0.451 e. The molecule has 4 rings (SSSR count). The van der Waals surface area contributed by atoms with Crippen LogP contribution < -0.4 is 16.6 Å². The van der Waals surface area contributed by atoms with E-state index in [0.717, 1.165) is 17.0 Å². The van der Waals surface area contributed by atoms with Crippen molar-refractivity contribution >= 4 is 22.9 Å². The molecule has 0 aromatic carbocycles. The zero-order valence-corrected chi connectivity index (χ0v) is 17.0. The molecule has 12 nitrogen and oxygen atoms in total. The smallest absolute Gasteiger partial charge is 0.312 e. The van der Waals surface area contributed by atoms with Gasteiger partial charge in [0.15, 0.2) is 17.0 Å². The molecule has 33 heavy (non-hydrogen) atoms. The number of aryl methyl sites for hydroxylation is 1. The third kappa shape index (κ3) is 4.07. The van der Waals surface area contributed by atoms with Crippen molar-refractivity contribution in [2.24, 2.45) is 7.05 Å². The number of fused-ring (bicyclic) bond motifs is 1. The number of H-pyrrole nitrogens is 1. The van der Waals surface area contributed by atoms with Crippen LogP contribution >= 0.6 is 0 Å². The van der Waals surface area contributed by atoms with Gasteiger partial charge in [-0.15, -0.1) is 0 Å². The van der Waals surface area contributed by atoms with Crippen molar-refractivity contribution in [2.75, 3.05) is 5.32 Å². The van der Waals surface area contributed by atoms with Crippen molar-refractivity contribution in [3.63, 3.8) is 0 Å². The molecule has 0 aliphatic carbocycles. The minimum Gasteiger partial charge on any atom is -0.312 e. The average Bonchev–Trinajstić information content (AvgIpc) is 3.22. The van der Waals surface area contributed by atoms with Crippen molar-refractivity contribution in [3.05, 3.63) is 57.8 Å². The monoisotopic (exact) mass is 461 g/mol. The Kier molecular flexibility index (Phi) is 5.23. The minimum atomic E-state index is -4.68. The van der Waals surface area contributed by atoms with Gasteiger partial charge in [0.05, 0.1) is 24.4 Å². The Morgan fingerprint density at radius 1 is 1.12 bits per heavy atom. The molecule has 0 aliphatic rings. The highest BCUT2D eigenvalue weighted by Gasteiger charge is 2.34.